The molecule has 2 aliphatic carbocycles. The lowest BCUT2D eigenvalue weighted by Crippen LogP contribution is -2.35. The zero-order chi connectivity index (χ0) is 12.2. The molecule has 0 spiro atoms. The van der Waals surface area contributed by atoms with Gasteiger partial charge in [0.05, 0.1) is 5.56 Å². The van der Waals surface area contributed by atoms with Gasteiger partial charge in [-0.2, -0.15) is 13.2 Å². The zero-order valence-corrected chi connectivity index (χ0v) is 9.30. The third kappa shape index (κ3) is 1.66. The molecule has 1 nitrogen and oxygen atoms in total. The van der Waals surface area contributed by atoms with Crippen molar-refractivity contribution in [2.45, 2.75) is 37.4 Å². The average molecular weight is 241 g/mol. The molecule has 17 heavy (non-hydrogen) atoms. The second-order valence-electron chi connectivity index (χ2n) is 5.14. The van der Waals surface area contributed by atoms with E-state index < -0.39 is 11.7 Å². The van der Waals surface area contributed by atoms with Gasteiger partial charge in [-0.05, 0) is 54.4 Å². The van der Waals surface area contributed by atoms with Crippen molar-refractivity contribution in [3.8, 4) is 0 Å². The molecule has 2 aliphatic rings. The first-order valence-corrected chi connectivity index (χ1v) is 5.92. The molecule has 0 saturated heterocycles. The Morgan fingerprint density at radius 2 is 1.94 bits per heavy atom. The van der Waals surface area contributed by atoms with Crippen molar-refractivity contribution in [3.63, 3.8) is 0 Å². The molecular formula is C13H14F3N. The summed E-state index contributed by atoms with van der Waals surface area (Å²) < 4.78 is 38.0. The largest absolute Gasteiger partial charge is 0.416 e. The molecule has 0 aromatic heterocycles. The van der Waals surface area contributed by atoms with E-state index in [9.17, 15) is 13.2 Å². The standard InChI is InChI=1S/C13H14F3N/c14-13(15,16)9-3-1-7-5-8-2-4-10(12(8)17)11(7)6-9/h1,3,6,8,10,12H,2,4-5,17H2. The van der Waals surface area contributed by atoms with E-state index in [0.717, 1.165) is 30.4 Å². The summed E-state index contributed by atoms with van der Waals surface area (Å²) in [4.78, 5) is 0. The van der Waals surface area contributed by atoms with Crippen molar-refractivity contribution in [1.82, 2.24) is 0 Å². The highest BCUT2D eigenvalue weighted by Gasteiger charge is 2.41. The summed E-state index contributed by atoms with van der Waals surface area (Å²) in [5.74, 6) is 0.593. The van der Waals surface area contributed by atoms with E-state index in [2.05, 4.69) is 0 Å². The molecule has 1 aromatic carbocycles. The van der Waals surface area contributed by atoms with Gasteiger partial charge in [0.25, 0.3) is 0 Å². The molecule has 92 valence electrons. The summed E-state index contributed by atoms with van der Waals surface area (Å²) in [5.41, 5.74) is 7.43. The van der Waals surface area contributed by atoms with Gasteiger partial charge in [-0.25, -0.2) is 0 Å². The molecule has 2 N–H and O–H groups in total. The Bertz CT molecular complexity index is 452. The zero-order valence-electron chi connectivity index (χ0n) is 9.30. The molecule has 0 aliphatic heterocycles. The van der Waals surface area contributed by atoms with Crippen molar-refractivity contribution < 1.29 is 13.2 Å². The molecule has 0 radical (unpaired) electrons. The minimum absolute atomic E-state index is 0.0472. The number of nitrogens with two attached hydrogens (primary N) is 1. The van der Waals surface area contributed by atoms with E-state index in [-0.39, 0.29) is 12.0 Å². The molecule has 4 heteroatoms. The van der Waals surface area contributed by atoms with Crippen LogP contribution < -0.4 is 5.73 Å². The summed E-state index contributed by atoms with van der Waals surface area (Å²) in [5, 5.41) is 0. The van der Waals surface area contributed by atoms with Crippen LogP contribution in [0.3, 0.4) is 0 Å². The molecule has 3 rings (SSSR count). The van der Waals surface area contributed by atoms with E-state index in [1.54, 1.807) is 6.07 Å². The molecule has 1 saturated carbocycles. The Labute approximate surface area is 97.8 Å². The monoisotopic (exact) mass is 241 g/mol. The molecule has 2 bridgehead atoms. The lowest BCUT2D eigenvalue weighted by Gasteiger charge is -2.30. The number of rotatable bonds is 0. The topological polar surface area (TPSA) is 26.0 Å². The van der Waals surface area contributed by atoms with Crippen LogP contribution in [0.25, 0.3) is 0 Å². The molecule has 0 heterocycles. The maximum Gasteiger partial charge on any atom is 0.416 e. The van der Waals surface area contributed by atoms with Crippen LogP contribution in [0.2, 0.25) is 0 Å². The smallest absolute Gasteiger partial charge is 0.327 e. The van der Waals surface area contributed by atoms with Crippen molar-refractivity contribution in [2.24, 2.45) is 11.7 Å². The van der Waals surface area contributed by atoms with Crippen LogP contribution in [0.15, 0.2) is 18.2 Å². The minimum Gasteiger partial charge on any atom is -0.327 e. The van der Waals surface area contributed by atoms with Gasteiger partial charge in [0, 0.05) is 6.04 Å². The highest BCUT2D eigenvalue weighted by atomic mass is 19.4. The summed E-state index contributed by atoms with van der Waals surface area (Å²) in [7, 11) is 0. The Hall–Kier alpha value is -1.03. The van der Waals surface area contributed by atoms with E-state index in [1.165, 1.54) is 12.1 Å². The number of fused-ring (bicyclic) bond motifs is 4. The summed E-state index contributed by atoms with van der Waals surface area (Å²) >= 11 is 0. The van der Waals surface area contributed by atoms with Gasteiger partial charge in [-0.3, -0.25) is 0 Å². The first kappa shape index (κ1) is 11.1. The summed E-state index contributed by atoms with van der Waals surface area (Å²) in [6, 6.07) is 4.18. The number of benzene rings is 1. The van der Waals surface area contributed by atoms with E-state index in [4.69, 9.17) is 5.73 Å². The number of hydrogen-bond donors (Lipinski definition) is 1. The lowest BCUT2D eigenvalue weighted by atomic mass is 9.79. The van der Waals surface area contributed by atoms with E-state index in [1.807, 2.05) is 0 Å². The number of alkyl halides is 3. The molecule has 3 unspecified atom stereocenters. The predicted molar refractivity (Wildman–Crippen MR) is 58.6 cm³/mol. The van der Waals surface area contributed by atoms with Crippen molar-refractivity contribution in [2.75, 3.05) is 0 Å². The van der Waals surface area contributed by atoms with Gasteiger partial charge in [-0.15, -0.1) is 0 Å². The van der Waals surface area contributed by atoms with Crippen molar-refractivity contribution >= 4 is 0 Å². The van der Waals surface area contributed by atoms with Gasteiger partial charge >= 0.3 is 6.18 Å². The van der Waals surface area contributed by atoms with Gasteiger partial charge < -0.3 is 5.73 Å². The summed E-state index contributed by atoms with van der Waals surface area (Å²) in [6.07, 6.45) is -1.44. The third-order valence-electron chi connectivity index (χ3n) is 4.21. The Kier molecular flexibility index (Phi) is 2.27. The van der Waals surface area contributed by atoms with Crippen LogP contribution in [-0.4, -0.2) is 6.04 Å². The fourth-order valence-corrected chi connectivity index (χ4v) is 3.29. The lowest BCUT2D eigenvalue weighted by molar-refractivity contribution is -0.137. The van der Waals surface area contributed by atoms with Gasteiger partial charge in [0.15, 0.2) is 0 Å². The Balaban J connectivity index is 2.07. The third-order valence-corrected chi connectivity index (χ3v) is 4.21. The van der Waals surface area contributed by atoms with Crippen LogP contribution in [0.1, 0.15) is 35.4 Å². The maximum atomic E-state index is 12.7. The highest BCUT2D eigenvalue weighted by molar-refractivity contribution is 5.40. The van der Waals surface area contributed by atoms with E-state index in [0.29, 0.717) is 5.92 Å². The predicted octanol–water partition coefficient (Wildman–Crippen LogP) is 3.08. The summed E-state index contributed by atoms with van der Waals surface area (Å²) in [6.45, 7) is 0. The normalized spacial score (nSPS) is 31.4. The van der Waals surface area contributed by atoms with Gasteiger partial charge in [-0.1, -0.05) is 6.07 Å². The Morgan fingerprint density at radius 3 is 2.65 bits per heavy atom. The molecule has 0 amide bonds. The van der Waals surface area contributed by atoms with Crippen LogP contribution >= 0.6 is 0 Å². The second-order valence-corrected chi connectivity index (χ2v) is 5.14. The van der Waals surface area contributed by atoms with Crippen molar-refractivity contribution in [1.29, 1.82) is 0 Å². The first-order valence-electron chi connectivity index (χ1n) is 5.92. The highest BCUT2D eigenvalue weighted by Crippen LogP contribution is 2.46. The SMILES string of the molecule is NC1C2CCC1c1cc(C(F)(F)F)ccc1C2. The van der Waals surface area contributed by atoms with Crippen molar-refractivity contribution in [3.05, 3.63) is 34.9 Å². The minimum atomic E-state index is -4.26. The number of halogens is 3. The molecular weight excluding hydrogens is 227 g/mol. The fraction of sp³-hybridized carbons (Fsp3) is 0.538. The maximum absolute atomic E-state index is 12.7. The molecule has 1 aromatic rings. The average Bonchev–Trinajstić information content (AvgIpc) is 2.51. The quantitative estimate of drug-likeness (QED) is 0.742. The van der Waals surface area contributed by atoms with E-state index >= 15 is 0 Å². The van der Waals surface area contributed by atoms with Gasteiger partial charge in [0.1, 0.15) is 0 Å². The molecule has 3 atom stereocenters. The first-order chi connectivity index (χ1) is 7.97. The van der Waals surface area contributed by atoms with Crippen LogP contribution in [0.4, 0.5) is 13.2 Å². The van der Waals surface area contributed by atoms with Crippen LogP contribution in [0, 0.1) is 5.92 Å². The molecule has 1 fully saturated rings. The Morgan fingerprint density at radius 1 is 1.18 bits per heavy atom. The van der Waals surface area contributed by atoms with Crippen LogP contribution in [0.5, 0.6) is 0 Å². The van der Waals surface area contributed by atoms with Gasteiger partial charge in [0.2, 0.25) is 0 Å². The second kappa shape index (κ2) is 3.48. The fourth-order valence-electron chi connectivity index (χ4n) is 3.29. The number of hydrogen-bond acceptors (Lipinski definition) is 1. The van der Waals surface area contributed by atoms with Crippen LogP contribution in [-0.2, 0) is 12.6 Å².